The maximum Gasteiger partial charge on any atom is 0.237 e. The molecule has 0 saturated carbocycles. The van der Waals surface area contributed by atoms with Gasteiger partial charge in [0.2, 0.25) is 5.91 Å². The minimum absolute atomic E-state index is 0.00917. The Morgan fingerprint density at radius 1 is 1.35 bits per heavy atom. The Hall–Kier alpha value is -1.08. The highest BCUT2D eigenvalue weighted by molar-refractivity contribution is 5.81. The number of carbonyl (C=O) groups is 1. The largest absolute Gasteiger partial charge is 0.352 e. The molecule has 0 aliphatic heterocycles. The number of hydrogen-bond donors (Lipinski definition) is 1. The standard InChI is InChI=1S/C13H25N3O/c1-6-7-11(4)15-13(17)12(5)16(9-8-14)10(2)3/h10-12H,6-7,9H2,1-5H3,(H,15,17). The highest BCUT2D eigenvalue weighted by Crippen LogP contribution is 2.06. The van der Waals surface area contributed by atoms with E-state index in [-0.39, 0.29) is 30.6 Å². The molecular formula is C13H25N3O. The zero-order valence-electron chi connectivity index (χ0n) is 11.7. The average Bonchev–Trinajstić information content (AvgIpc) is 2.24. The molecule has 98 valence electrons. The summed E-state index contributed by atoms with van der Waals surface area (Å²) in [6.45, 7) is 10.2. The normalized spacial score (nSPS) is 14.5. The van der Waals surface area contributed by atoms with Gasteiger partial charge in [0.25, 0.3) is 0 Å². The number of amides is 1. The van der Waals surface area contributed by atoms with Gasteiger partial charge in [-0.2, -0.15) is 5.26 Å². The van der Waals surface area contributed by atoms with Crippen molar-refractivity contribution in [3.8, 4) is 6.07 Å². The van der Waals surface area contributed by atoms with E-state index in [0.29, 0.717) is 0 Å². The lowest BCUT2D eigenvalue weighted by molar-refractivity contribution is -0.127. The van der Waals surface area contributed by atoms with Gasteiger partial charge in [-0.15, -0.1) is 0 Å². The Labute approximate surface area is 105 Å². The molecule has 0 aliphatic rings. The number of nitrogens with zero attached hydrogens (tertiary/aromatic N) is 2. The molecule has 0 saturated heterocycles. The van der Waals surface area contributed by atoms with E-state index in [1.807, 2.05) is 32.6 Å². The van der Waals surface area contributed by atoms with E-state index in [1.54, 1.807) is 0 Å². The summed E-state index contributed by atoms with van der Waals surface area (Å²) in [6.07, 6.45) is 2.04. The summed E-state index contributed by atoms with van der Waals surface area (Å²) in [5.74, 6) is 0.00917. The second-order valence-corrected chi connectivity index (χ2v) is 4.80. The molecule has 0 fully saturated rings. The summed E-state index contributed by atoms with van der Waals surface area (Å²) in [4.78, 5) is 13.9. The zero-order valence-corrected chi connectivity index (χ0v) is 11.7. The van der Waals surface area contributed by atoms with Crippen LogP contribution in [0.25, 0.3) is 0 Å². The summed E-state index contributed by atoms with van der Waals surface area (Å²) in [6, 6.07) is 2.25. The molecule has 0 radical (unpaired) electrons. The minimum atomic E-state index is -0.256. The van der Waals surface area contributed by atoms with Crippen LogP contribution in [0.1, 0.15) is 47.5 Å². The van der Waals surface area contributed by atoms with Gasteiger partial charge in [0.1, 0.15) is 0 Å². The van der Waals surface area contributed by atoms with Crippen LogP contribution in [0.15, 0.2) is 0 Å². The second kappa shape index (κ2) is 8.08. The van der Waals surface area contributed by atoms with Gasteiger partial charge in [-0.3, -0.25) is 9.69 Å². The fourth-order valence-corrected chi connectivity index (χ4v) is 1.87. The van der Waals surface area contributed by atoms with E-state index in [9.17, 15) is 4.79 Å². The smallest absolute Gasteiger partial charge is 0.237 e. The molecule has 0 aromatic carbocycles. The molecule has 0 spiro atoms. The summed E-state index contributed by atoms with van der Waals surface area (Å²) in [5.41, 5.74) is 0. The quantitative estimate of drug-likeness (QED) is 0.690. The van der Waals surface area contributed by atoms with Crippen LogP contribution in [0.5, 0.6) is 0 Å². The Balaban J connectivity index is 4.40. The van der Waals surface area contributed by atoms with E-state index in [1.165, 1.54) is 0 Å². The fourth-order valence-electron chi connectivity index (χ4n) is 1.87. The van der Waals surface area contributed by atoms with E-state index >= 15 is 0 Å². The second-order valence-electron chi connectivity index (χ2n) is 4.80. The fraction of sp³-hybridized carbons (Fsp3) is 0.846. The van der Waals surface area contributed by atoms with Crippen molar-refractivity contribution in [2.45, 2.75) is 65.6 Å². The van der Waals surface area contributed by atoms with Crippen molar-refractivity contribution in [1.29, 1.82) is 5.26 Å². The first-order valence-corrected chi connectivity index (χ1v) is 6.37. The van der Waals surface area contributed by atoms with E-state index in [0.717, 1.165) is 12.8 Å². The highest BCUT2D eigenvalue weighted by atomic mass is 16.2. The van der Waals surface area contributed by atoms with Crippen molar-refractivity contribution in [2.24, 2.45) is 0 Å². The molecule has 0 aliphatic carbocycles. The summed E-state index contributed by atoms with van der Waals surface area (Å²) >= 11 is 0. The maximum absolute atomic E-state index is 12.0. The maximum atomic E-state index is 12.0. The van der Waals surface area contributed by atoms with Crippen molar-refractivity contribution in [3.63, 3.8) is 0 Å². The monoisotopic (exact) mass is 239 g/mol. The van der Waals surface area contributed by atoms with Crippen LogP contribution >= 0.6 is 0 Å². The van der Waals surface area contributed by atoms with Crippen molar-refractivity contribution in [3.05, 3.63) is 0 Å². The molecule has 0 aromatic heterocycles. The van der Waals surface area contributed by atoms with Gasteiger partial charge in [0.05, 0.1) is 18.7 Å². The number of carbonyl (C=O) groups excluding carboxylic acids is 1. The van der Waals surface area contributed by atoms with E-state index in [4.69, 9.17) is 5.26 Å². The lowest BCUT2D eigenvalue weighted by atomic mass is 10.1. The van der Waals surface area contributed by atoms with Crippen LogP contribution < -0.4 is 5.32 Å². The van der Waals surface area contributed by atoms with Gasteiger partial charge < -0.3 is 5.32 Å². The van der Waals surface area contributed by atoms with Crippen LogP contribution in [0, 0.1) is 11.3 Å². The van der Waals surface area contributed by atoms with Crippen LogP contribution in [0.3, 0.4) is 0 Å². The molecule has 1 amide bonds. The van der Waals surface area contributed by atoms with Gasteiger partial charge in [-0.05, 0) is 34.1 Å². The van der Waals surface area contributed by atoms with Gasteiger partial charge in [-0.25, -0.2) is 0 Å². The molecule has 17 heavy (non-hydrogen) atoms. The molecule has 0 bridgehead atoms. The lowest BCUT2D eigenvalue weighted by Gasteiger charge is -2.30. The van der Waals surface area contributed by atoms with Crippen molar-refractivity contribution in [1.82, 2.24) is 10.2 Å². The van der Waals surface area contributed by atoms with E-state index < -0.39 is 0 Å². The lowest BCUT2D eigenvalue weighted by Crippen LogP contribution is -2.50. The third kappa shape index (κ3) is 5.69. The topological polar surface area (TPSA) is 56.1 Å². The number of rotatable bonds is 7. The third-order valence-corrected chi connectivity index (χ3v) is 2.90. The van der Waals surface area contributed by atoms with Crippen LogP contribution in [0.2, 0.25) is 0 Å². The van der Waals surface area contributed by atoms with Crippen molar-refractivity contribution in [2.75, 3.05) is 6.54 Å². The highest BCUT2D eigenvalue weighted by Gasteiger charge is 2.23. The first kappa shape index (κ1) is 15.9. The SMILES string of the molecule is CCCC(C)NC(=O)C(C)N(CC#N)C(C)C. The first-order chi connectivity index (χ1) is 7.93. The average molecular weight is 239 g/mol. The van der Waals surface area contributed by atoms with Gasteiger partial charge in [0.15, 0.2) is 0 Å². The molecular weight excluding hydrogens is 214 g/mol. The Kier molecular flexibility index (Phi) is 7.56. The van der Waals surface area contributed by atoms with Gasteiger partial charge >= 0.3 is 0 Å². The van der Waals surface area contributed by atoms with Crippen LogP contribution in [-0.2, 0) is 4.79 Å². The Morgan fingerprint density at radius 2 is 1.94 bits per heavy atom. The Bertz CT molecular complexity index is 270. The molecule has 4 heteroatoms. The van der Waals surface area contributed by atoms with E-state index in [2.05, 4.69) is 18.3 Å². The predicted octanol–water partition coefficient (Wildman–Crippen LogP) is 1.91. The zero-order chi connectivity index (χ0) is 13.4. The number of nitrogens with one attached hydrogen (secondary N) is 1. The molecule has 4 nitrogen and oxygen atoms in total. The first-order valence-electron chi connectivity index (χ1n) is 6.37. The number of nitriles is 1. The summed E-state index contributed by atoms with van der Waals surface area (Å²) in [7, 11) is 0. The summed E-state index contributed by atoms with van der Waals surface area (Å²) < 4.78 is 0. The molecule has 0 aromatic rings. The summed E-state index contributed by atoms with van der Waals surface area (Å²) in [5, 5.41) is 11.7. The molecule has 2 atom stereocenters. The molecule has 2 unspecified atom stereocenters. The van der Waals surface area contributed by atoms with Crippen molar-refractivity contribution >= 4 is 5.91 Å². The molecule has 0 rings (SSSR count). The predicted molar refractivity (Wildman–Crippen MR) is 69.4 cm³/mol. The third-order valence-electron chi connectivity index (χ3n) is 2.90. The molecule has 1 N–H and O–H groups in total. The van der Waals surface area contributed by atoms with Gasteiger partial charge in [-0.1, -0.05) is 13.3 Å². The van der Waals surface area contributed by atoms with Crippen molar-refractivity contribution < 1.29 is 4.79 Å². The van der Waals surface area contributed by atoms with Crippen LogP contribution in [0.4, 0.5) is 0 Å². The van der Waals surface area contributed by atoms with Gasteiger partial charge in [0, 0.05) is 12.1 Å². The Morgan fingerprint density at radius 3 is 2.35 bits per heavy atom. The number of hydrogen-bond acceptors (Lipinski definition) is 3. The molecule has 0 heterocycles. The van der Waals surface area contributed by atoms with Crippen LogP contribution in [-0.4, -0.2) is 35.5 Å². The minimum Gasteiger partial charge on any atom is -0.352 e.